The fourth-order valence-electron chi connectivity index (χ4n) is 4.58. The van der Waals surface area contributed by atoms with E-state index in [0.717, 1.165) is 41.2 Å². The number of aryl methyl sites for hydroxylation is 2. The monoisotopic (exact) mass is 535 g/mol. The Morgan fingerprint density at radius 2 is 1.92 bits per heavy atom. The third-order valence-electron chi connectivity index (χ3n) is 6.77. The second kappa shape index (κ2) is 12.9. The fourth-order valence-corrected chi connectivity index (χ4v) is 4.58. The van der Waals surface area contributed by atoms with Crippen LogP contribution in [-0.4, -0.2) is 70.1 Å². The number of aromatic nitrogens is 2. The topological polar surface area (TPSA) is 146 Å². The van der Waals surface area contributed by atoms with Gasteiger partial charge in [0.25, 0.3) is 18.3 Å². The Labute approximate surface area is 226 Å². The molecule has 0 aliphatic carbocycles. The highest BCUT2D eigenvalue weighted by atomic mass is 16.5. The van der Waals surface area contributed by atoms with Crippen LogP contribution in [0.3, 0.4) is 0 Å². The van der Waals surface area contributed by atoms with Gasteiger partial charge in [-0.25, -0.2) is 4.98 Å². The number of likely N-dealkylation sites (tertiary alicyclic amines) is 1. The van der Waals surface area contributed by atoms with Crippen LogP contribution >= 0.6 is 0 Å². The van der Waals surface area contributed by atoms with Crippen molar-refractivity contribution in [1.82, 2.24) is 25.5 Å². The predicted molar refractivity (Wildman–Crippen MR) is 143 cm³/mol. The lowest BCUT2D eigenvalue weighted by Crippen LogP contribution is -2.56. The van der Waals surface area contributed by atoms with Crippen molar-refractivity contribution in [3.63, 3.8) is 0 Å². The van der Waals surface area contributed by atoms with Gasteiger partial charge in [-0.15, -0.1) is 0 Å². The van der Waals surface area contributed by atoms with E-state index in [1.165, 1.54) is 0 Å². The minimum atomic E-state index is -0.250. The molecule has 3 aromatic rings. The van der Waals surface area contributed by atoms with Crippen LogP contribution in [0.2, 0.25) is 0 Å². The van der Waals surface area contributed by atoms with Gasteiger partial charge in [-0.2, -0.15) is 0 Å². The van der Waals surface area contributed by atoms with Gasteiger partial charge >= 0.3 is 0 Å². The summed E-state index contributed by atoms with van der Waals surface area (Å²) in [7, 11) is 0. The van der Waals surface area contributed by atoms with Crippen molar-refractivity contribution < 1.29 is 29.0 Å². The second-order valence-electron chi connectivity index (χ2n) is 9.53. The summed E-state index contributed by atoms with van der Waals surface area (Å²) < 4.78 is 12.1. The van der Waals surface area contributed by atoms with Crippen LogP contribution in [0.25, 0.3) is 0 Å². The summed E-state index contributed by atoms with van der Waals surface area (Å²) >= 11 is 0. The first-order valence-electron chi connectivity index (χ1n) is 12.7. The van der Waals surface area contributed by atoms with Crippen molar-refractivity contribution >= 4 is 18.3 Å². The number of benzene rings is 2. The fraction of sp³-hybridized carbons (Fsp3) is 0.357. The molecule has 0 spiro atoms. The van der Waals surface area contributed by atoms with E-state index in [4.69, 9.17) is 19.4 Å². The third-order valence-corrected chi connectivity index (χ3v) is 6.77. The third kappa shape index (κ3) is 7.35. The molecule has 206 valence electrons. The van der Waals surface area contributed by atoms with Crippen molar-refractivity contribution in [2.45, 2.75) is 45.5 Å². The van der Waals surface area contributed by atoms with E-state index in [1.807, 2.05) is 44.2 Å². The summed E-state index contributed by atoms with van der Waals surface area (Å²) in [5.74, 6) is 0.807. The molecule has 11 heteroatoms. The molecule has 3 aliphatic rings. The van der Waals surface area contributed by atoms with E-state index >= 15 is 0 Å². The van der Waals surface area contributed by atoms with Crippen LogP contribution in [0.5, 0.6) is 11.5 Å². The Hall–Kier alpha value is -4.38. The number of carbonyl (C=O) groups is 3. The summed E-state index contributed by atoms with van der Waals surface area (Å²) in [6.07, 6.45) is 2.28. The Morgan fingerprint density at radius 1 is 1.15 bits per heavy atom. The van der Waals surface area contributed by atoms with E-state index in [9.17, 15) is 9.59 Å². The van der Waals surface area contributed by atoms with Gasteiger partial charge in [0.2, 0.25) is 0 Å². The number of imidazole rings is 1. The number of amides is 2. The van der Waals surface area contributed by atoms with Gasteiger partial charge in [0.05, 0.1) is 18.1 Å². The molecular weight excluding hydrogens is 502 g/mol. The molecule has 3 aliphatic heterocycles. The zero-order valence-corrected chi connectivity index (χ0v) is 22.0. The normalized spacial score (nSPS) is 19.6. The molecule has 1 saturated heterocycles. The lowest BCUT2D eigenvalue weighted by Gasteiger charge is -2.38. The molecule has 2 aromatic carbocycles. The molecule has 1 aromatic heterocycles. The number of ether oxygens (including phenoxy) is 2. The molecule has 4 N–H and O–H groups in total. The number of hydrogen-bond acceptors (Lipinski definition) is 7. The zero-order valence-electron chi connectivity index (χ0n) is 22.0. The van der Waals surface area contributed by atoms with E-state index in [2.05, 4.69) is 25.5 Å². The zero-order chi connectivity index (χ0) is 27.8. The summed E-state index contributed by atoms with van der Waals surface area (Å²) in [6.45, 7) is 6.09. The van der Waals surface area contributed by atoms with Crippen LogP contribution < -0.4 is 20.1 Å². The number of aromatic amines is 1. The quantitative estimate of drug-likeness (QED) is 0.366. The SMILES string of the molecule is Cc1ccc2cc1OCC(=O)NCc1ccc(cc1)O[C@H]1CCN(Cc3nc[nH]c3C)C[C@@H]1NC2=O.O=CO. The molecule has 4 bridgehead atoms. The number of piperidine rings is 1. The van der Waals surface area contributed by atoms with Crippen molar-refractivity contribution in [3.05, 3.63) is 76.9 Å². The molecule has 2 amide bonds. The van der Waals surface area contributed by atoms with Crippen molar-refractivity contribution in [1.29, 1.82) is 0 Å². The predicted octanol–water partition coefficient (Wildman–Crippen LogP) is 2.19. The first-order valence-corrected chi connectivity index (χ1v) is 12.7. The number of fused-ring (bicyclic) bond motifs is 7. The summed E-state index contributed by atoms with van der Waals surface area (Å²) in [5, 5.41) is 13.0. The maximum atomic E-state index is 13.3. The first kappa shape index (κ1) is 27.6. The maximum absolute atomic E-state index is 13.3. The van der Waals surface area contributed by atoms with Gasteiger partial charge in [-0.1, -0.05) is 18.2 Å². The lowest BCUT2D eigenvalue weighted by atomic mass is 10.0. The lowest BCUT2D eigenvalue weighted by molar-refractivity contribution is -0.123. The molecule has 2 atom stereocenters. The van der Waals surface area contributed by atoms with E-state index in [1.54, 1.807) is 18.5 Å². The number of nitrogens with one attached hydrogen (secondary N) is 3. The summed E-state index contributed by atoms with van der Waals surface area (Å²) in [4.78, 5) is 43.8. The highest BCUT2D eigenvalue weighted by Crippen LogP contribution is 2.24. The highest BCUT2D eigenvalue weighted by Gasteiger charge is 2.33. The average Bonchev–Trinajstić information content (AvgIpc) is 3.33. The maximum Gasteiger partial charge on any atom is 0.290 e. The Morgan fingerprint density at radius 3 is 2.64 bits per heavy atom. The number of carboxylic acid groups (broad SMARTS) is 1. The molecule has 0 radical (unpaired) electrons. The van der Waals surface area contributed by atoms with Gasteiger partial charge in [0, 0.05) is 37.4 Å². The Kier molecular flexibility index (Phi) is 9.16. The minimum absolute atomic E-state index is 0.126. The molecular formula is C28H33N5O6. The van der Waals surface area contributed by atoms with E-state index < -0.39 is 0 Å². The summed E-state index contributed by atoms with van der Waals surface area (Å²) in [6, 6.07) is 12.7. The molecule has 1 fully saturated rings. The van der Waals surface area contributed by atoms with Crippen molar-refractivity contribution in [2.75, 3.05) is 19.7 Å². The van der Waals surface area contributed by atoms with E-state index in [0.29, 0.717) is 30.9 Å². The highest BCUT2D eigenvalue weighted by molar-refractivity contribution is 5.95. The Bertz CT molecular complexity index is 1290. The van der Waals surface area contributed by atoms with Crippen molar-refractivity contribution in [3.8, 4) is 11.5 Å². The number of hydrogen-bond donors (Lipinski definition) is 4. The van der Waals surface area contributed by atoms with Crippen LogP contribution in [0, 0.1) is 13.8 Å². The molecule has 0 unspecified atom stereocenters. The molecule has 39 heavy (non-hydrogen) atoms. The molecule has 4 heterocycles. The van der Waals surface area contributed by atoms with Crippen LogP contribution in [0.4, 0.5) is 0 Å². The minimum Gasteiger partial charge on any atom is -0.488 e. The first-order chi connectivity index (χ1) is 18.9. The van der Waals surface area contributed by atoms with Crippen LogP contribution in [-0.2, 0) is 22.7 Å². The molecule has 6 rings (SSSR count). The van der Waals surface area contributed by atoms with Gasteiger partial charge < -0.3 is 30.2 Å². The van der Waals surface area contributed by atoms with Gasteiger partial charge in [0.15, 0.2) is 6.61 Å². The Balaban J connectivity index is 0.00000112. The van der Waals surface area contributed by atoms with Gasteiger partial charge in [0.1, 0.15) is 17.6 Å². The number of carbonyl (C=O) groups excluding carboxylic acids is 2. The van der Waals surface area contributed by atoms with E-state index in [-0.39, 0.29) is 37.0 Å². The number of nitrogens with zero attached hydrogens (tertiary/aromatic N) is 2. The van der Waals surface area contributed by atoms with Crippen LogP contribution in [0.15, 0.2) is 48.8 Å². The second-order valence-corrected chi connectivity index (χ2v) is 9.53. The van der Waals surface area contributed by atoms with Gasteiger partial charge in [-0.05, 0) is 55.7 Å². The number of H-pyrrole nitrogens is 1. The standard InChI is InChI=1S/C27H31N5O4.CH2O2/c1-17-3-6-20-11-25(17)35-15-26(33)28-12-19-4-7-21(8-5-19)36-24-9-10-32(14-23(24)31-27(20)34)13-22-18(2)29-16-30-22;2-1-3/h3-8,11,16,23-24H,9-10,12-15H2,1-2H3,(H,28,33)(H,29,30)(H,31,34);1H,(H,2,3)/t23-,24-;/m0./s1. The average molecular weight is 536 g/mol. The van der Waals surface area contributed by atoms with Crippen molar-refractivity contribution in [2.24, 2.45) is 0 Å². The summed E-state index contributed by atoms with van der Waals surface area (Å²) in [5.41, 5.74) is 4.35. The van der Waals surface area contributed by atoms with Crippen LogP contribution in [0.1, 0.15) is 39.3 Å². The smallest absolute Gasteiger partial charge is 0.290 e. The molecule has 11 nitrogen and oxygen atoms in total. The number of rotatable bonds is 2. The molecule has 0 saturated carbocycles. The van der Waals surface area contributed by atoms with Gasteiger partial charge in [-0.3, -0.25) is 19.3 Å². The largest absolute Gasteiger partial charge is 0.488 e.